The first-order chi connectivity index (χ1) is 4.89. The van der Waals surface area contributed by atoms with Crippen LogP contribution in [0.4, 0.5) is 17.6 Å². The molecule has 0 rings (SSSR count). The maximum atomic E-state index is 12.3. The van der Waals surface area contributed by atoms with Crippen molar-refractivity contribution in [2.45, 2.75) is 20.0 Å². The van der Waals surface area contributed by atoms with E-state index in [1.807, 2.05) is 0 Å². The summed E-state index contributed by atoms with van der Waals surface area (Å²) in [5.74, 6) is -1.49. The van der Waals surface area contributed by atoms with Crippen LogP contribution in [0.3, 0.4) is 0 Å². The summed E-state index contributed by atoms with van der Waals surface area (Å²) in [5, 5.41) is 0. The Bertz CT molecular complexity index is 189. The molecule has 0 spiro atoms. The van der Waals surface area contributed by atoms with Crippen LogP contribution < -0.4 is 0 Å². The van der Waals surface area contributed by atoms with Crippen LogP contribution in [0.15, 0.2) is 16.5 Å². The lowest BCUT2D eigenvalue weighted by molar-refractivity contribution is -0.0932. The molecule has 0 bridgehead atoms. The van der Waals surface area contributed by atoms with Crippen LogP contribution in [0.5, 0.6) is 0 Å². The maximum Gasteiger partial charge on any atom is 0.416 e. The molecule has 0 aliphatic rings. The van der Waals surface area contributed by atoms with Crippen LogP contribution in [0.25, 0.3) is 0 Å². The molecule has 0 aromatic rings. The summed E-state index contributed by atoms with van der Waals surface area (Å²) in [4.78, 5) is 2.86. The molecule has 0 atom stereocenters. The molecular weight excluding hydrogens is 162 g/mol. The molecule has 1 nitrogen and oxygen atoms in total. The first kappa shape index (κ1) is 10.1. The SMILES string of the molecule is C/C=N/C(F)=C(\C)C(F)(F)F. The summed E-state index contributed by atoms with van der Waals surface area (Å²) in [6, 6.07) is 0. The standard InChI is InChI=1S/C6H7F4N/c1-3-11-5(7)4(2)6(8,9)10/h3H,1-2H3/b5-4+,11-3+. The molecule has 64 valence electrons. The van der Waals surface area contributed by atoms with Crippen LogP contribution in [0.1, 0.15) is 13.8 Å². The Labute approximate surface area is 61.4 Å². The van der Waals surface area contributed by atoms with Crippen LogP contribution in [-0.2, 0) is 0 Å². The summed E-state index contributed by atoms with van der Waals surface area (Å²) in [6.07, 6.45) is -3.67. The number of aliphatic imine (C=N–C) groups is 1. The number of hydrogen-bond donors (Lipinski definition) is 0. The third kappa shape index (κ3) is 3.15. The van der Waals surface area contributed by atoms with E-state index >= 15 is 0 Å². The molecule has 0 N–H and O–H groups in total. The minimum Gasteiger partial charge on any atom is -0.233 e. The van der Waals surface area contributed by atoms with Crippen molar-refractivity contribution in [3.8, 4) is 0 Å². The Kier molecular flexibility index (Phi) is 3.22. The fraction of sp³-hybridized carbons (Fsp3) is 0.500. The average molecular weight is 169 g/mol. The maximum absolute atomic E-state index is 12.3. The molecule has 0 aliphatic carbocycles. The van der Waals surface area contributed by atoms with Gasteiger partial charge in [-0.15, -0.1) is 0 Å². The van der Waals surface area contributed by atoms with Gasteiger partial charge in [0.05, 0.1) is 5.57 Å². The molecule has 0 aliphatic heterocycles. The second-order valence-corrected chi connectivity index (χ2v) is 1.80. The summed E-state index contributed by atoms with van der Waals surface area (Å²) < 4.78 is 47.2. The van der Waals surface area contributed by atoms with Crippen molar-refractivity contribution < 1.29 is 17.6 Å². The molecule has 11 heavy (non-hydrogen) atoms. The highest BCUT2D eigenvalue weighted by Gasteiger charge is 2.33. The molecule has 0 aromatic carbocycles. The average Bonchev–Trinajstić information content (AvgIpc) is 1.85. The van der Waals surface area contributed by atoms with Gasteiger partial charge in [0.25, 0.3) is 0 Å². The molecule has 0 saturated heterocycles. The largest absolute Gasteiger partial charge is 0.416 e. The number of hydrogen-bond acceptors (Lipinski definition) is 1. The van der Waals surface area contributed by atoms with Crippen LogP contribution in [0, 0.1) is 0 Å². The van der Waals surface area contributed by atoms with Gasteiger partial charge in [-0.2, -0.15) is 17.6 Å². The molecule has 0 fully saturated rings. The molecule has 0 unspecified atom stereocenters. The highest BCUT2D eigenvalue weighted by atomic mass is 19.4. The molecule has 5 heteroatoms. The molecular formula is C6H7F4N. The monoisotopic (exact) mass is 169 g/mol. The van der Waals surface area contributed by atoms with Gasteiger partial charge in [-0.3, -0.25) is 0 Å². The molecule has 0 radical (unpaired) electrons. The van der Waals surface area contributed by atoms with Gasteiger partial charge in [-0.1, -0.05) is 0 Å². The van der Waals surface area contributed by atoms with Crippen molar-refractivity contribution in [3.05, 3.63) is 11.5 Å². The Balaban J connectivity index is 4.67. The van der Waals surface area contributed by atoms with Crippen molar-refractivity contribution in [3.63, 3.8) is 0 Å². The fourth-order valence-corrected chi connectivity index (χ4v) is 0.327. The van der Waals surface area contributed by atoms with Gasteiger partial charge >= 0.3 is 6.18 Å². The van der Waals surface area contributed by atoms with E-state index in [4.69, 9.17) is 0 Å². The van der Waals surface area contributed by atoms with Crippen molar-refractivity contribution in [1.29, 1.82) is 0 Å². The van der Waals surface area contributed by atoms with Crippen molar-refractivity contribution in [1.82, 2.24) is 0 Å². The van der Waals surface area contributed by atoms with Gasteiger partial charge in [-0.05, 0) is 13.8 Å². The van der Waals surface area contributed by atoms with Gasteiger partial charge in [-0.25, -0.2) is 4.99 Å². The number of allylic oxidation sites excluding steroid dienone is 1. The quantitative estimate of drug-likeness (QED) is 0.325. The highest BCUT2D eigenvalue weighted by molar-refractivity contribution is 5.55. The molecule has 0 saturated carbocycles. The third-order valence-electron chi connectivity index (χ3n) is 0.977. The van der Waals surface area contributed by atoms with E-state index in [0.717, 1.165) is 6.21 Å². The third-order valence-corrected chi connectivity index (χ3v) is 0.977. The Morgan fingerprint density at radius 2 is 1.82 bits per heavy atom. The van der Waals surface area contributed by atoms with E-state index in [-0.39, 0.29) is 0 Å². The zero-order valence-electron chi connectivity index (χ0n) is 6.04. The van der Waals surface area contributed by atoms with Gasteiger partial charge in [0.1, 0.15) is 0 Å². The van der Waals surface area contributed by atoms with Gasteiger partial charge in [0, 0.05) is 6.21 Å². The Morgan fingerprint density at radius 1 is 1.36 bits per heavy atom. The van der Waals surface area contributed by atoms with E-state index in [1.54, 1.807) is 0 Å². The van der Waals surface area contributed by atoms with E-state index in [9.17, 15) is 17.6 Å². The lowest BCUT2D eigenvalue weighted by atomic mass is 10.3. The predicted octanol–water partition coefficient (Wildman–Crippen LogP) is 2.84. The number of rotatable bonds is 1. The summed E-state index contributed by atoms with van der Waals surface area (Å²) in [6.45, 7) is 1.98. The second-order valence-electron chi connectivity index (χ2n) is 1.80. The fourth-order valence-electron chi connectivity index (χ4n) is 0.327. The van der Waals surface area contributed by atoms with E-state index in [2.05, 4.69) is 4.99 Å². The van der Waals surface area contributed by atoms with E-state index in [0.29, 0.717) is 6.92 Å². The number of alkyl halides is 3. The number of nitrogens with zero attached hydrogens (tertiary/aromatic N) is 1. The van der Waals surface area contributed by atoms with Gasteiger partial charge < -0.3 is 0 Å². The van der Waals surface area contributed by atoms with E-state index in [1.165, 1.54) is 6.92 Å². The Hall–Kier alpha value is -0.870. The molecule has 0 heterocycles. The highest BCUT2D eigenvalue weighted by Crippen LogP contribution is 2.28. The first-order valence-electron chi connectivity index (χ1n) is 2.82. The van der Waals surface area contributed by atoms with Crippen LogP contribution >= 0.6 is 0 Å². The minimum atomic E-state index is -4.63. The van der Waals surface area contributed by atoms with Crippen LogP contribution in [-0.4, -0.2) is 12.4 Å². The zero-order valence-corrected chi connectivity index (χ0v) is 6.04. The van der Waals surface area contributed by atoms with Crippen molar-refractivity contribution in [2.75, 3.05) is 0 Å². The van der Waals surface area contributed by atoms with E-state index < -0.39 is 17.7 Å². The lowest BCUT2D eigenvalue weighted by Crippen LogP contribution is -2.10. The predicted molar refractivity (Wildman–Crippen MR) is 34.0 cm³/mol. The first-order valence-corrected chi connectivity index (χ1v) is 2.82. The summed E-state index contributed by atoms with van der Waals surface area (Å²) >= 11 is 0. The van der Waals surface area contributed by atoms with Gasteiger partial charge in [0.2, 0.25) is 5.95 Å². The number of halogens is 4. The van der Waals surface area contributed by atoms with Gasteiger partial charge in [0.15, 0.2) is 0 Å². The van der Waals surface area contributed by atoms with Crippen LogP contribution in [0.2, 0.25) is 0 Å². The minimum absolute atomic E-state index is 0.641. The Morgan fingerprint density at radius 3 is 2.09 bits per heavy atom. The molecule has 0 amide bonds. The topological polar surface area (TPSA) is 12.4 Å². The van der Waals surface area contributed by atoms with Crippen molar-refractivity contribution >= 4 is 6.21 Å². The molecule has 0 aromatic heterocycles. The lowest BCUT2D eigenvalue weighted by Gasteiger charge is -2.04. The summed E-state index contributed by atoms with van der Waals surface area (Å²) in [7, 11) is 0. The van der Waals surface area contributed by atoms with Crippen molar-refractivity contribution in [2.24, 2.45) is 4.99 Å². The summed E-state index contributed by atoms with van der Waals surface area (Å²) in [5.41, 5.74) is -1.31. The second kappa shape index (κ2) is 3.50. The normalized spacial score (nSPS) is 15.5. The zero-order chi connectivity index (χ0) is 9.07. The smallest absolute Gasteiger partial charge is 0.233 e.